The van der Waals surface area contributed by atoms with E-state index in [4.69, 9.17) is 18.8 Å². The maximum atomic E-state index is 14.0. The van der Waals surface area contributed by atoms with Crippen molar-refractivity contribution in [2.24, 2.45) is 14.1 Å². The highest BCUT2D eigenvalue weighted by Gasteiger charge is 2.52. The zero-order chi connectivity index (χ0) is 61.4. The maximum Gasteiger partial charge on any atom is 0.498 e. The molecule has 446 valence electrons. The summed E-state index contributed by atoms with van der Waals surface area (Å²) in [5.41, 5.74) is 12.7. The van der Waals surface area contributed by atoms with Gasteiger partial charge in [-0.25, -0.2) is 0 Å². The Morgan fingerprint density at radius 3 is 1.54 bits per heavy atom. The topological polar surface area (TPSA) is 193 Å². The monoisotopic (exact) mass is 1210 g/mol. The molecule has 20 heteroatoms. The van der Waals surface area contributed by atoms with Gasteiger partial charge in [-0.05, 0) is 168 Å². The Morgan fingerprint density at radius 2 is 1.11 bits per heavy atom. The predicted molar refractivity (Wildman–Crippen MR) is 331 cm³/mol. The minimum atomic E-state index is -0.307. The number of aryl methyl sites for hydroxylation is 4. The van der Waals surface area contributed by atoms with Crippen LogP contribution in [0.3, 0.4) is 0 Å². The van der Waals surface area contributed by atoms with E-state index in [1.807, 2.05) is 88.6 Å². The molecule has 7 heterocycles. The molecule has 0 spiro atoms. The average Bonchev–Trinajstić information content (AvgIpc) is 2.05. The summed E-state index contributed by atoms with van der Waals surface area (Å²) in [5, 5.41) is 27.5. The number of nitriles is 2. The number of aromatic nitrogens is 6. The van der Waals surface area contributed by atoms with Crippen molar-refractivity contribution in [2.75, 3.05) is 66.6 Å². The summed E-state index contributed by atoms with van der Waals surface area (Å²) in [6, 6.07) is 15.8. The van der Waals surface area contributed by atoms with Crippen molar-refractivity contribution in [3.63, 3.8) is 0 Å². The molecule has 2 amide bonds. The van der Waals surface area contributed by atoms with Gasteiger partial charge in [0.05, 0.1) is 59.3 Å². The molecule has 4 aromatic heterocycles. The highest BCUT2D eigenvalue weighted by atomic mass is 79.9. The van der Waals surface area contributed by atoms with Crippen LogP contribution in [0.4, 0.5) is 0 Å². The number of benzene rings is 2. The average molecular weight is 1210 g/mol. The second-order valence-corrected chi connectivity index (χ2v) is 23.8. The SMILES string of the molecule is CCOc1cc(C(C)N2CCc3c(Br)cc(CCN(C)CC)cc3C2=O)ncc1C#N.CCOc1cc([C@H](C)N2CCc3c(cc(CCN(C)CC)cc3-c3cn(C)nc3C)C2=O)ncc1C#N.Cc1nn(C)cc1B1OC(C)(C)C(C)(C)O1. The molecule has 2 aromatic carbocycles. The molecule has 6 aromatic rings. The minimum Gasteiger partial charge on any atom is -0.492 e. The molecule has 0 N–H and O–H groups in total. The summed E-state index contributed by atoms with van der Waals surface area (Å²) in [6.07, 6.45) is 10.4. The Balaban J connectivity index is 0.000000194. The summed E-state index contributed by atoms with van der Waals surface area (Å²) < 4.78 is 27.8. The molecule has 0 saturated carbocycles. The third kappa shape index (κ3) is 14.6. The van der Waals surface area contributed by atoms with Crippen molar-refractivity contribution in [1.29, 1.82) is 10.5 Å². The zero-order valence-corrected chi connectivity index (χ0v) is 53.8. The number of fused-ring (bicyclic) bond motifs is 2. The first-order valence-electron chi connectivity index (χ1n) is 29.3. The highest BCUT2D eigenvalue weighted by Crippen LogP contribution is 2.39. The Hall–Kier alpha value is -6.94. The molecular formula is C64H84BBrN12O6. The lowest BCUT2D eigenvalue weighted by molar-refractivity contribution is 0.00578. The molecule has 1 fully saturated rings. The summed E-state index contributed by atoms with van der Waals surface area (Å²) in [6.45, 7) is 30.2. The number of halogens is 1. The lowest BCUT2D eigenvalue weighted by Crippen LogP contribution is -2.41. The van der Waals surface area contributed by atoms with Gasteiger partial charge >= 0.3 is 7.12 Å². The Morgan fingerprint density at radius 1 is 0.667 bits per heavy atom. The third-order valence-corrected chi connectivity index (χ3v) is 17.4. The van der Waals surface area contributed by atoms with Crippen LogP contribution >= 0.6 is 15.9 Å². The van der Waals surface area contributed by atoms with Crippen LogP contribution < -0.4 is 14.9 Å². The molecule has 1 unspecified atom stereocenters. The van der Waals surface area contributed by atoms with Crippen molar-refractivity contribution >= 4 is 40.3 Å². The molecule has 3 aliphatic rings. The number of amides is 2. The van der Waals surface area contributed by atoms with Gasteiger partial charge in [0.2, 0.25) is 0 Å². The van der Waals surface area contributed by atoms with Gasteiger partial charge in [0, 0.05) is 104 Å². The van der Waals surface area contributed by atoms with Gasteiger partial charge in [-0.3, -0.25) is 28.9 Å². The quantitative estimate of drug-likeness (QED) is 0.0739. The molecule has 2 atom stereocenters. The number of pyridine rings is 2. The molecule has 0 radical (unpaired) electrons. The number of hydrogen-bond donors (Lipinski definition) is 0. The molecule has 0 aliphatic carbocycles. The van der Waals surface area contributed by atoms with Crippen LogP contribution in [0.1, 0.15) is 158 Å². The third-order valence-electron chi connectivity index (χ3n) is 16.7. The number of hydrogen-bond acceptors (Lipinski definition) is 14. The fourth-order valence-electron chi connectivity index (χ4n) is 10.6. The van der Waals surface area contributed by atoms with Crippen LogP contribution in [-0.4, -0.2) is 146 Å². The van der Waals surface area contributed by atoms with Gasteiger partial charge in [0.25, 0.3) is 11.8 Å². The first kappa shape index (κ1) is 64.6. The fourth-order valence-corrected chi connectivity index (χ4v) is 11.3. The van der Waals surface area contributed by atoms with Crippen LogP contribution in [0, 0.1) is 36.5 Å². The highest BCUT2D eigenvalue weighted by molar-refractivity contribution is 9.10. The van der Waals surface area contributed by atoms with E-state index in [0.29, 0.717) is 54.6 Å². The molecule has 9 rings (SSSR count). The maximum absolute atomic E-state index is 14.0. The van der Waals surface area contributed by atoms with Crippen LogP contribution in [0.25, 0.3) is 11.1 Å². The lowest BCUT2D eigenvalue weighted by Gasteiger charge is -2.34. The summed E-state index contributed by atoms with van der Waals surface area (Å²) >= 11 is 3.69. The van der Waals surface area contributed by atoms with Gasteiger partial charge < -0.3 is 38.4 Å². The van der Waals surface area contributed by atoms with E-state index >= 15 is 0 Å². The number of carbonyl (C=O) groups is 2. The zero-order valence-electron chi connectivity index (χ0n) is 52.2. The smallest absolute Gasteiger partial charge is 0.492 e. The molecule has 84 heavy (non-hydrogen) atoms. The van der Waals surface area contributed by atoms with Crippen molar-refractivity contribution < 1.29 is 28.4 Å². The van der Waals surface area contributed by atoms with Gasteiger partial charge in [-0.2, -0.15) is 20.7 Å². The number of rotatable bonds is 18. The summed E-state index contributed by atoms with van der Waals surface area (Å²) in [7, 11) is 7.74. The van der Waals surface area contributed by atoms with Crippen molar-refractivity contribution in [3.05, 3.63) is 133 Å². The number of ether oxygens (including phenoxy) is 2. The fraction of sp³-hybridized carbons (Fsp3) is 0.500. The van der Waals surface area contributed by atoms with Crippen LogP contribution in [-0.2, 0) is 49.1 Å². The van der Waals surface area contributed by atoms with Gasteiger partial charge in [0.1, 0.15) is 34.8 Å². The first-order chi connectivity index (χ1) is 39.9. The summed E-state index contributed by atoms with van der Waals surface area (Å²) in [4.78, 5) is 44.6. The number of carbonyl (C=O) groups excluding carboxylic acids is 2. The lowest BCUT2D eigenvalue weighted by atomic mass is 9.79. The van der Waals surface area contributed by atoms with Crippen molar-refractivity contribution in [3.8, 4) is 34.8 Å². The van der Waals surface area contributed by atoms with Crippen molar-refractivity contribution in [1.82, 2.24) is 49.1 Å². The normalized spacial score (nSPS) is 15.8. The van der Waals surface area contributed by atoms with E-state index in [9.17, 15) is 20.1 Å². The van der Waals surface area contributed by atoms with E-state index in [0.717, 1.165) is 123 Å². The molecule has 1 saturated heterocycles. The van der Waals surface area contributed by atoms with Crippen LogP contribution in [0.15, 0.2) is 65.7 Å². The van der Waals surface area contributed by atoms with Crippen LogP contribution in [0.2, 0.25) is 0 Å². The molecule has 0 bridgehead atoms. The second kappa shape index (κ2) is 27.8. The number of nitrogens with zero attached hydrogens (tertiary/aromatic N) is 12. The van der Waals surface area contributed by atoms with Gasteiger partial charge in [-0.15, -0.1) is 0 Å². The first-order valence-corrected chi connectivity index (χ1v) is 30.1. The van der Waals surface area contributed by atoms with Gasteiger partial charge in [-0.1, -0.05) is 35.8 Å². The Kier molecular flexibility index (Phi) is 21.4. The van der Waals surface area contributed by atoms with E-state index in [1.165, 1.54) is 12.4 Å². The summed E-state index contributed by atoms with van der Waals surface area (Å²) in [5.74, 6) is 1.04. The van der Waals surface area contributed by atoms with E-state index < -0.39 is 0 Å². The second-order valence-electron chi connectivity index (χ2n) is 22.9. The Labute approximate surface area is 506 Å². The largest absolute Gasteiger partial charge is 0.498 e. The molecular weight excluding hydrogens is 1120 g/mol. The van der Waals surface area contributed by atoms with Crippen LogP contribution in [0.5, 0.6) is 11.5 Å². The molecule has 18 nitrogen and oxygen atoms in total. The van der Waals surface area contributed by atoms with E-state index in [1.54, 1.807) is 16.8 Å². The van der Waals surface area contributed by atoms with E-state index in [-0.39, 0.29) is 42.2 Å². The minimum absolute atomic E-state index is 0.00589. The number of likely N-dealkylation sites (N-methyl/N-ethyl adjacent to an activating group) is 2. The molecule has 3 aliphatic heterocycles. The predicted octanol–water partition coefficient (Wildman–Crippen LogP) is 9.71. The van der Waals surface area contributed by atoms with E-state index in [2.05, 4.69) is 132 Å². The van der Waals surface area contributed by atoms with Gasteiger partial charge in [0.15, 0.2) is 0 Å². The Bertz CT molecular complexity index is 3400. The standard InChI is InChI=1S/C29H36N6O2.C24H29BrN4O2.C11H19BN2O2/c1-7-33(5)11-9-21-13-24(26-18-34(6)32-19(26)3)23-10-12-35(29(36)25(23)14-21)20(4)27-15-28(37-8-2)22(16-30)17-31-27;1-5-28(4)9-7-17-11-20-19(21(25)12-17)8-10-29(24(20)30)16(3)22-13-23(31-6-2)18(14-26)15-27-22;1-8-9(7-14(6)13-8)12-15-10(2,3)11(4,5)16-12/h13-15,17-18,20H,7-12H2,1-6H3;11-13,15-16H,5-10H2,1-4H3;7H,1-6H3/t20-;;/m0../s1. The van der Waals surface area contributed by atoms with Crippen molar-refractivity contribution in [2.45, 2.75) is 132 Å².